The molecule has 0 radical (unpaired) electrons. The SMILES string of the molecule is CC(Oc1ccccc1)C(=O)C(CC1=CCC(O)C1CC(=O)O)S(=O)(=O)c1ccccc1. The second-order valence-electron chi connectivity index (χ2n) is 7.81. The van der Waals surface area contributed by atoms with Gasteiger partial charge in [0, 0.05) is 5.92 Å². The number of aliphatic hydroxyl groups is 1. The van der Waals surface area contributed by atoms with Crippen LogP contribution in [0.15, 0.2) is 77.2 Å². The molecule has 1 aliphatic rings. The highest BCUT2D eigenvalue weighted by molar-refractivity contribution is 7.92. The molecule has 0 spiro atoms. The molecule has 0 saturated heterocycles. The topological polar surface area (TPSA) is 118 Å². The van der Waals surface area contributed by atoms with Gasteiger partial charge in [0.1, 0.15) is 11.0 Å². The summed E-state index contributed by atoms with van der Waals surface area (Å²) >= 11 is 0. The fourth-order valence-electron chi connectivity index (χ4n) is 3.90. The number of aliphatic carboxylic acids is 1. The van der Waals surface area contributed by atoms with Crippen molar-refractivity contribution in [3.05, 3.63) is 72.3 Å². The number of hydrogen-bond acceptors (Lipinski definition) is 6. The molecule has 2 N–H and O–H groups in total. The van der Waals surface area contributed by atoms with Crippen molar-refractivity contribution in [1.82, 2.24) is 0 Å². The zero-order valence-corrected chi connectivity index (χ0v) is 18.4. The van der Waals surface area contributed by atoms with Crippen molar-refractivity contribution in [1.29, 1.82) is 0 Å². The Hall–Kier alpha value is -2.97. The lowest BCUT2D eigenvalue weighted by molar-refractivity contribution is -0.138. The maximum atomic E-state index is 13.4. The Bertz CT molecular complexity index is 1080. The predicted molar refractivity (Wildman–Crippen MR) is 118 cm³/mol. The molecule has 0 aliphatic heterocycles. The van der Waals surface area contributed by atoms with E-state index in [1.807, 2.05) is 0 Å². The van der Waals surface area contributed by atoms with E-state index >= 15 is 0 Å². The van der Waals surface area contributed by atoms with Crippen molar-refractivity contribution < 1.29 is 33.0 Å². The minimum Gasteiger partial charge on any atom is -0.483 e. The number of carbonyl (C=O) groups is 2. The third kappa shape index (κ3) is 5.44. The van der Waals surface area contributed by atoms with Gasteiger partial charge in [-0.1, -0.05) is 48.0 Å². The minimum absolute atomic E-state index is 0.000749. The monoisotopic (exact) mass is 458 g/mol. The molecule has 170 valence electrons. The molecule has 8 heteroatoms. The van der Waals surface area contributed by atoms with Crippen LogP contribution in [0.3, 0.4) is 0 Å². The number of rotatable bonds is 10. The zero-order chi connectivity index (χ0) is 23.3. The van der Waals surface area contributed by atoms with Gasteiger partial charge in [-0.25, -0.2) is 8.42 Å². The number of hydrogen-bond donors (Lipinski definition) is 2. The lowest BCUT2D eigenvalue weighted by Crippen LogP contribution is -2.40. The Balaban J connectivity index is 1.93. The predicted octanol–water partition coefficient (Wildman–Crippen LogP) is 3.04. The van der Waals surface area contributed by atoms with Gasteiger partial charge in [0.05, 0.1) is 17.4 Å². The number of aliphatic hydroxyl groups excluding tert-OH is 1. The van der Waals surface area contributed by atoms with Gasteiger partial charge in [-0.15, -0.1) is 0 Å². The van der Waals surface area contributed by atoms with Gasteiger partial charge in [-0.3, -0.25) is 9.59 Å². The van der Waals surface area contributed by atoms with Gasteiger partial charge in [0.15, 0.2) is 21.7 Å². The number of carboxylic acid groups (broad SMARTS) is 1. The van der Waals surface area contributed by atoms with Crippen molar-refractivity contribution >= 4 is 21.6 Å². The van der Waals surface area contributed by atoms with Crippen LogP contribution in [0.2, 0.25) is 0 Å². The molecule has 0 amide bonds. The van der Waals surface area contributed by atoms with Crippen molar-refractivity contribution in [2.75, 3.05) is 0 Å². The van der Waals surface area contributed by atoms with Crippen LogP contribution < -0.4 is 4.74 Å². The Morgan fingerprint density at radius 3 is 2.25 bits per heavy atom. The molecule has 2 aromatic rings. The van der Waals surface area contributed by atoms with Gasteiger partial charge >= 0.3 is 5.97 Å². The first kappa shape index (κ1) is 23.7. The Morgan fingerprint density at radius 2 is 1.66 bits per heavy atom. The van der Waals surface area contributed by atoms with Crippen LogP contribution in [0, 0.1) is 5.92 Å². The molecule has 0 saturated carbocycles. The Labute approximate surface area is 187 Å². The van der Waals surface area contributed by atoms with Gasteiger partial charge in [0.25, 0.3) is 0 Å². The average Bonchev–Trinajstić information content (AvgIpc) is 3.11. The van der Waals surface area contributed by atoms with E-state index < -0.39 is 45.0 Å². The van der Waals surface area contributed by atoms with E-state index in [1.165, 1.54) is 19.1 Å². The standard InChI is InChI=1S/C24H26O7S/c1-16(31-18-8-4-2-5-9-18)24(28)22(32(29,30)19-10-6-3-7-11-19)14-17-12-13-21(25)20(17)15-23(26)27/h2-12,16,20-22,25H,13-15H2,1H3,(H,26,27). The van der Waals surface area contributed by atoms with E-state index in [0.717, 1.165) is 0 Å². The first-order valence-electron chi connectivity index (χ1n) is 10.3. The number of ether oxygens (including phenoxy) is 1. The van der Waals surface area contributed by atoms with Crippen LogP contribution in [0.4, 0.5) is 0 Å². The quantitative estimate of drug-likeness (QED) is 0.526. The largest absolute Gasteiger partial charge is 0.483 e. The average molecular weight is 459 g/mol. The summed E-state index contributed by atoms with van der Waals surface area (Å²) in [5.41, 5.74) is 0.463. The van der Waals surface area contributed by atoms with E-state index in [4.69, 9.17) is 4.74 Å². The highest BCUT2D eigenvalue weighted by Gasteiger charge is 2.41. The second-order valence-corrected chi connectivity index (χ2v) is 9.94. The third-order valence-corrected chi connectivity index (χ3v) is 7.68. The number of ketones is 1. The number of sulfone groups is 1. The summed E-state index contributed by atoms with van der Waals surface area (Å²) in [6.45, 7) is 1.50. The summed E-state index contributed by atoms with van der Waals surface area (Å²) in [7, 11) is -4.09. The normalized spacial score (nSPS) is 20.2. The summed E-state index contributed by atoms with van der Waals surface area (Å²) in [4.78, 5) is 24.6. The molecule has 3 rings (SSSR count). The van der Waals surface area contributed by atoms with Crippen LogP contribution in [0.1, 0.15) is 26.2 Å². The van der Waals surface area contributed by atoms with E-state index in [-0.39, 0.29) is 24.2 Å². The molecule has 2 aromatic carbocycles. The van der Waals surface area contributed by atoms with Gasteiger partial charge in [-0.2, -0.15) is 0 Å². The number of carbonyl (C=O) groups excluding carboxylic acids is 1. The third-order valence-electron chi connectivity index (χ3n) is 5.60. The molecule has 7 nitrogen and oxygen atoms in total. The van der Waals surface area contributed by atoms with Crippen LogP contribution in [-0.2, 0) is 19.4 Å². The van der Waals surface area contributed by atoms with Crippen LogP contribution in [0.25, 0.3) is 0 Å². The first-order chi connectivity index (χ1) is 15.2. The van der Waals surface area contributed by atoms with Gasteiger partial charge in [0.2, 0.25) is 0 Å². The number of Topliss-reactive ketones (excluding diaryl/α,β-unsaturated/α-hetero) is 1. The van der Waals surface area contributed by atoms with Gasteiger partial charge in [-0.05, 0) is 44.0 Å². The fraction of sp³-hybridized carbons (Fsp3) is 0.333. The maximum absolute atomic E-state index is 13.4. The van der Waals surface area contributed by atoms with Crippen molar-refractivity contribution in [2.24, 2.45) is 5.92 Å². The molecule has 0 bridgehead atoms. The molecule has 0 fully saturated rings. The van der Waals surface area contributed by atoms with E-state index in [9.17, 15) is 28.2 Å². The van der Waals surface area contributed by atoms with E-state index in [1.54, 1.807) is 54.6 Å². The Morgan fingerprint density at radius 1 is 1.06 bits per heavy atom. The lowest BCUT2D eigenvalue weighted by atomic mass is 9.91. The maximum Gasteiger partial charge on any atom is 0.304 e. The van der Waals surface area contributed by atoms with Crippen molar-refractivity contribution in [2.45, 2.75) is 48.5 Å². The van der Waals surface area contributed by atoms with Gasteiger partial charge < -0.3 is 14.9 Å². The van der Waals surface area contributed by atoms with Crippen LogP contribution in [0.5, 0.6) is 5.75 Å². The summed E-state index contributed by atoms with van der Waals surface area (Å²) < 4.78 is 32.6. The highest BCUT2D eigenvalue weighted by Crippen LogP contribution is 2.35. The molecule has 32 heavy (non-hydrogen) atoms. The van der Waals surface area contributed by atoms with Crippen molar-refractivity contribution in [3.8, 4) is 5.75 Å². The molecular formula is C24H26O7S. The lowest BCUT2D eigenvalue weighted by Gasteiger charge is -2.24. The summed E-state index contributed by atoms with van der Waals surface area (Å²) in [6, 6.07) is 16.3. The van der Waals surface area contributed by atoms with Crippen LogP contribution in [-0.4, -0.2) is 47.8 Å². The molecule has 4 atom stereocenters. The zero-order valence-electron chi connectivity index (χ0n) is 17.6. The van der Waals surface area contributed by atoms with E-state index in [2.05, 4.69) is 0 Å². The smallest absolute Gasteiger partial charge is 0.304 e. The molecular weight excluding hydrogens is 432 g/mol. The molecule has 0 heterocycles. The minimum atomic E-state index is -4.09. The molecule has 0 aromatic heterocycles. The van der Waals surface area contributed by atoms with E-state index in [0.29, 0.717) is 11.3 Å². The number of carboxylic acids is 1. The fourth-order valence-corrected chi connectivity index (χ4v) is 5.67. The number of para-hydroxylation sites is 1. The molecule has 4 unspecified atom stereocenters. The highest BCUT2D eigenvalue weighted by atomic mass is 32.2. The van der Waals surface area contributed by atoms with Crippen LogP contribution >= 0.6 is 0 Å². The summed E-state index contributed by atoms with van der Waals surface area (Å²) in [6.07, 6.45) is -0.652. The number of benzene rings is 2. The first-order valence-corrected chi connectivity index (χ1v) is 11.9. The summed E-state index contributed by atoms with van der Waals surface area (Å²) in [5, 5.41) is 17.9. The van der Waals surface area contributed by atoms with Crippen molar-refractivity contribution in [3.63, 3.8) is 0 Å². The Kier molecular flexibility index (Phi) is 7.48. The summed E-state index contributed by atoms with van der Waals surface area (Å²) in [5.74, 6) is -2.03. The second kappa shape index (κ2) is 10.1. The molecule has 1 aliphatic carbocycles.